The minimum Gasteiger partial charge on any atom is -0.339 e. The van der Waals surface area contributed by atoms with Crippen LogP contribution >= 0.6 is 12.4 Å². The van der Waals surface area contributed by atoms with Gasteiger partial charge in [0.15, 0.2) is 5.82 Å². The zero-order valence-electron chi connectivity index (χ0n) is 13.3. The monoisotopic (exact) mass is 330 g/mol. The molecule has 0 aliphatic carbocycles. The first-order valence-electron chi connectivity index (χ1n) is 8.05. The average molecular weight is 331 g/mol. The minimum atomic E-state index is 0. The number of nitrogens with two attached hydrogens (primary N) is 1. The second kappa shape index (κ2) is 9.79. The Morgan fingerprint density at radius 2 is 2.23 bits per heavy atom. The van der Waals surface area contributed by atoms with Crippen molar-refractivity contribution in [2.45, 2.75) is 64.3 Å². The van der Waals surface area contributed by atoms with Gasteiger partial charge in [0, 0.05) is 38.4 Å². The molecule has 2 N–H and O–H groups in total. The van der Waals surface area contributed by atoms with E-state index in [9.17, 15) is 4.79 Å². The summed E-state index contributed by atoms with van der Waals surface area (Å²) in [6.45, 7) is 3.50. The third kappa shape index (κ3) is 5.25. The quantitative estimate of drug-likeness (QED) is 0.827. The van der Waals surface area contributed by atoms with E-state index in [2.05, 4.69) is 17.1 Å². The van der Waals surface area contributed by atoms with Crippen molar-refractivity contribution in [2.24, 2.45) is 5.73 Å². The first kappa shape index (κ1) is 18.9. The van der Waals surface area contributed by atoms with Crippen molar-refractivity contribution in [1.82, 2.24) is 15.0 Å². The number of aromatic nitrogens is 2. The van der Waals surface area contributed by atoms with Crippen LogP contribution in [0.15, 0.2) is 4.52 Å². The van der Waals surface area contributed by atoms with E-state index in [0.717, 1.165) is 44.5 Å². The molecule has 0 spiro atoms. The molecule has 1 aliphatic rings. The number of piperidine rings is 1. The summed E-state index contributed by atoms with van der Waals surface area (Å²) in [6, 6.07) is 0.228. The van der Waals surface area contributed by atoms with Crippen molar-refractivity contribution in [3.63, 3.8) is 0 Å². The highest BCUT2D eigenvalue weighted by Gasteiger charge is 2.25. The van der Waals surface area contributed by atoms with Crippen LogP contribution < -0.4 is 5.73 Å². The highest BCUT2D eigenvalue weighted by Crippen LogP contribution is 2.18. The maximum atomic E-state index is 12.3. The average Bonchev–Trinajstić information content (AvgIpc) is 2.95. The number of hydrogen-bond donors (Lipinski definition) is 1. The van der Waals surface area contributed by atoms with Crippen molar-refractivity contribution in [1.29, 1.82) is 0 Å². The number of hydrogen-bond acceptors (Lipinski definition) is 5. The molecule has 1 aliphatic heterocycles. The molecule has 1 unspecified atom stereocenters. The molecular weight excluding hydrogens is 304 g/mol. The molecule has 1 saturated heterocycles. The van der Waals surface area contributed by atoms with Gasteiger partial charge in [0.05, 0.1) is 0 Å². The lowest BCUT2D eigenvalue weighted by Crippen LogP contribution is -2.47. The van der Waals surface area contributed by atoms with Crippen LogP contribution in [-0.4, -0.2) is 40.1 Å². The van der Waals surface area contributed by atoms with Gasteiger partial charge in [0.1, 0.15) is 0 Å². The number of halogens is 1. The van der Waals surface area contributed by atoms with E-state index in [4.69, 9.17) is 10.3 Å². The summed E-state index contributed by atoms with van der Waals surface area (Å²) in [4.78, 5) is 18.5. The minimum absolute atomic E-state index is 0. The van der Waals surface area contributed by atoms with Gasteiger partial charge < -0.3 is 15.2 Å². The Balaban J connectivity index is 0.00000242. The van der Waals surface area contributed by atoms with E-state index >= 15 is 0 Å². The Bertz CT molecular complexity index is 453. The Morgan fingerprint density at radius 1 is 1.41 bits per heavy atom. The highest BCUT2D eigenvalue weighted by atomic mass is 35.5. The predicted molar refractivity (Wildman–Crippen MR) is 86.9 cm³/mol. The van der Waals surface area contributed by atoms with Crippen LogP contribution in [0.4, 0.5) is 0 Å². The van der Waals surface area contributed by atoms with Crippen molar-refractivity contribution >= 4 is 18.3 Å². The van der Waals surface area contributed by atoms with Crippen LogP contribution in [0.2, 0.25) is 0 Å². The van der Waals surface area contributed by atoms with Crippen LogP contribution in [0.3, 0.4) is 0 Å². The van der Waals surface area contributed by atoms with Gasteiger partial charge in [-0.05, 0) is 32.1 Å². The normalized spacial score (nSPS) is 18.1. The lowest BCUT2D eigenvalue weighted by Gasteiger charge is -2.35. The van der Waals surface area contributed by atoms with E-state index in [1.165, 1.54) is 6.42 Å². The third-order valence-corrected chi connectivity index (χ3v) is 3.98. The summed E-state index contributed by atoms with van der Waals surface area (Å²) in [7, 11) is 0. The number of likely N-dealkylation sites (tertiary alicyclic amines) is 1. The van der Waals surface area contributed by atoms with E-state index in [1.54, 1.807) is 0 Å². The molecule has 1 aromatic rings. The number of nitrogens with zero attached hydrogens (tertiary/aromatic N) is 3. The standard InChI is InChI=1S/C15H26N4O2.ClH/c1-2-6-13-17-14(21-18-13)8-5-9-15(20)19-10-4-3-7-12(19)11-16;/h12H,2-11,16H2,1H3;1H. The summed E-state index contributed by atoms with van der Waals surface area (Å²) < 4.78 is 5.18. The zero-order chi connectivity index (χ0) is 15.1. The summed E-state index contributed by atoms with van der Waals surface area (Å²) in [5.41, 5.74) is 5.76. The fourth-order valence-electron chi connectivity index (χ4n) is 2.83. The summed E-state index contributed by atoms with van der Waals surface area (Å²) in [5, 5.41) is 3.92. The van der Waals surface area contributed by atoms with E-state index in [-0.39, 0.29) is 24.4 Å². The van der Waals surface area contributed by atoms with Crippen molar-refractivity contribution < 1.29 is 9.32 Å². The molecule has 1 fully saturated rings. The molecule has 1 amide bonds. The first-order chi connectivity index (χ1) is 10.2. The van der Waals surface area contributed by atoms with Gasteiger partial charge in [0.2, 0.25) is 11.8 Å². The largest absolute Gasteiger partial charge is 0.339 e. The van der Waals surface area contributed by atoms with E-state index in [0.29, 0.717) is 25.3 Å². The number of amides is 1. The number of aryl methyl sites for hydroxylation is 2. The van der Waals surface area contributed by atoms with Crippen molar-refractivity contribution in [3.8, 4) is 0 Å². The number of rotatable bonds is 7. The van der Waals surface area contributed by atoms with Gasteiger partial charge in [-0.15, -0.1) is 12.4 Å². The van der Waals surface area contributed by atoms with Crippen LogP contribution in [0.1, 0.15) is 57.2 Å². The van der Waals surface area contributed by atoms with Gasteiger partial charge in [-0.25, -0.2) is 0 Å². The third-order valence-electron chi connectivity index (χ3n) is 3.98. The lowest BCUT2D eigenvalue weighted by molar-refractivity contribution is -0.134. The van der Waals surface area contributed by atoms with Gasteiger partial charge in [-0.1, -0.05) is 12.1 Å². The van der Waals surface area contributed by atoms with Gasteiger partial charge in [0.25, 0.3) is 0 Å². The van der Waals surface area contributed by atoms with E-state index in [1.807, 2.05) is 4.90 Å². The van der Waals surface area contributed by atoms with Gasteiger partial charge in [-0.2, -0.15) is 4.98 Å². The summed E-state index contributed by atoms with van der Waals surface area (Å²) in [5.74, 6) is 1.61. The molecule has 0 aromatic carbocycles. The Hall–Kier alpha value is -1.14. The molecule has 0 bridgehead atoms. The first-order valence-corrected chi connectivity index (χ1v) is 8.05. The Kier molecular flexibility index (Phi) is 8.42. The van der Waals surface area contributed by atoms with Crippen LogP contribution in [-0.2, 0) is 17.6 Å². The molecule has 22 heavy (non-hydrogen) atoms. The lowest BCUT2D eigenvalue weighted by atomic mass is 10.0. The van der Waals surface area contributed by atoms with E-state index < -0.39 is 0 Å². The fourth-order valence-corrected chi connectivity index (χ4v) is 2.83. The molecule has 1 atom stereocenters. The van der Waals surface area contributed by atoms with Gasteiger partial charge >= 0.3 is 0 Å². The molecule has 2 rings (SSSR count). The number of carbonyl (C=O) groups excluding carboxylic acids is 1. The zero-order valence-corrected chi connectivity index (χ0v) is 14.1. The molecule has 6 nitrogen and oxygen atoms in total. The molecule has 2 heterocycles. The van der Waals surface area contributed by atoms with Crippen molar-refractivity contribution in [2.75, 3.05) is 13.1 Å². The maximum Gasteiger partial charge on any atom is 0.226 e. The maximum absolute atomic E-state index is 12.3. The number of carbonyl (C=O) groups is 1. The van der Waals surface area contributed by atoms with Crippen LogP contribution in [0.5, 0.6) is 0 Å². The smallest absolute Gasteiger partial charge is 0.226 e. The fraction of sp³-hybridized carbons (Fsp3) is 0.800. The van der Waals surface area contributed by atoms with Crippen LogP contribution in [0.25, 0.3) is 0 Å². The molecule has 126 valence electrons. The highest BCUT2D eigenvalue weighted by molar-refractivity contribution is 5.85. The van der Waals surface area contributed by atoms with Crippen molar-refractivity contribution in [3.05, 3.63) is 11.7 Å². The second-order valence-electron chi connectivity index (χ2n) is 5.68. The molecule has 7 heteroatoms. The topological polar surface area (TPSA) is 85.2 Å². The molecular formula is C15H27ClN4O2. The second-order valence-corrected chi connectivity index (χ2v) is 5.68. The predicted octanol–water partition coefficient (Wildman–Crippen LogP) is 2.11. The molecule has 0 saturated carbocycles. The Morgan fingerprint density at radius 3 is 2.95 bits per heavy atom. The molecule has 1 aromatic heterocycles. The SMILES string of the molecule is CCCc1noc(CCCC(=O)N2CCCCC2CN)n1.Cl. The van der Waals surface area contributed by atoms with Gasteiger partial charge in [-0.3, -0.25) is 4.79 Å². The van der Waals surface area contributed by atoms with Crippen LogP contribution in [0, 0.1) is 0 Å². The molecule has 0 radical (unpaired) electrons. The summed E-state index contributed by atoms with van der Waals surface area (Å²) in [6.07, 6.45) is 7.10. The summed E-state index contributed by atoms with van der Waals surface area (Å²) >= 11 is 0. The Labute approximate surface area is 138 Å².